The highest BCUT2D eigenvalue weighted by Gasteiger charge is 2.28. The molecule has 0 saturated carbocycles. The van der Waals surface area contributed by atoms with Gasteiger partial charge in [0.25, 0.3) is 0 Å². The molecule has 1 unspecified atom stereocenters. The zero-order valence-electron chi connectivity index (χ0n) is 8.06. The van der Waals surface area contributed by atoms with Crippen LogP contribution in [0.25, 0.3) is 0 Å². The zero-order chi connectivity index (χ0) is 12.3. The van der Waals surface area contributed by atoms with E-state index in [0.29, 0.717) is 10.0 Å². The largest absolute Gasteiger partial charge is 0.389 e. The second-order valence-corrected chi connectivity index (χ2v) is 5.11. The number of hydrogen-bond acceptors (Lipinski definition) is 1. The Kier molecular flexibility index (Phi) is 4.82. The van der Waals surface area contributed by atoms with Gasteiger partial charge in [-0.15, -0.1) is 0 Å². The molecule has 0 aliphatic heterocycles. The highest BCUT2D eigenvalue weighted by atomic mass is 79.9. The number of aliphatic hydroxyl groups is 1. The monoisotopic (exact) mass is 360 g/mol. The van der Waals surface area contributed by atoms with Crippen molar-refractivity contribution in [1.82, 2.24) is 0 Å². The molecule has 0 saturated heterocycles. The molecular weight excluding hydrogens is 353 g/mol. The quantitative estimate of drug-likeness (QED) is 0.834. The summed E-state index contributed by atoms with van der Waals surface area (Å²) in [6.45, 7) is 0. The van der Waals surface area contributed by atoms with Gasteiger partial charge in [-0.3, -0.25) is 0 Å². The first-order chi connectivity index (χ1) is 7.29. The number of aliphatic hydroxyl groups excluding tert-OH is 1. The summed E-state index contributed by atoms with van der Waals surface area (Å²) >= 11 is 6.42. The van der Waals surface area contributed by atoms with Crippen LogP contribution in [0.15, 0.2) is 27.1 Å². The van der Waals surface area contributed by atoms with E-state index in [2.05, 4.69) is 31.9 Å². The molecule has 6 heteroatoms. The van der Waals surface area contributed by atoms with Crippen LogP contribution < -0.4 is 0 Å². The first-order valence-electron chi connectivity index (χ1n) is 4.49. The van der Waals surface area contributed by atoms with Crippen LogP contribution in [0, 0.1) is 0 Å². The maximum absolute atomic E-state index is 12.0. The molecule has 0 aliphatic carbocycles. The van der Waals surface area contributed by atoms with Gasteiger partial charge in [-0.2, -0.15) is 13.2 Å². The van der Waals surface area contributed by atoms with E-state index in [1.807, 2.05) is 0 Å². The van der Waals surface area contributed by atoms with Crippen LogP contribution in [0.1, 0.15) is 24.5 Å². The fourth-order valence-electron chi connectivity index (χ4n) is 1.23. The van der Waals surface area contributed by atoms with Crippen molar-refractivity contribution in [2.45, 2.75) is 25.1 Å². The van der Waals surface area contributed by atoms with Crippen LogP contribution in [-0.2, 0) is 0 Å². The number of benzene rings is 1. The van der Waals surface area contributed by atoms with Crippen molar-refractivity contribution in [3.63, 3.8) is 0 Å². The molecule has 0 aliphatic rings. The maximum Gasteiger partial charge on any atom is 0.389 e. The molecule has 0 amide bonds. The van der Waals surface area contributed by atoms with Crippen molar-refractivity contribution in [3.8, 4) is 0 Å². The van der Waals surface area contributed by atoms with Crippen molar-refractivity contribution in [1.29, 1.82) is 0 Å². The van der Waals surface area contributed by atoms with Gasteiger partial charge in [0.05, 0.1) is 6.10 Å². The smallest absolute Gasteiger partial charge is 0.388 e. The van der Waals surface area contributed by atoms with Gasteiger partial charge in [-0.25, -0.2) is 0 Å². The van der Waals surface area contributed by atoms with E-state index in [0.717, 1.165) is 4.47 Å². The highest BCUT2D eigenvalue weighted by Crippen LogP contribution is 2.32. The summed E-state index contributed by atoms with van der Waals surface area (Å²) < 4.78 is 37.3. The average Bonchev–Trinajstić information content (AvgIpc) is 2.13. The molecule has 0 fully saturated rings. The van der Waals surface area contributed by atoms with Crippen molar-refractivity contribution in [2.75, 3.05) is 0 Å². The Morgan fingerprint density at radius 3 is 2.38 bits per heavy atom. The standard InChI is InChI=1S/C10H9Br2F3O/c11-6-1-2-7(8(12)5-6)9(16)3-4-10(13,14)15/h1-2,5,9,16H,3-4H2. The summed E-state index contributed by atoms with van der Waals surface area (Å²) in [7, 11) is 0. The van der Waals surface area contributed by atoms with Crippen LogP contribution in [0.2, 0.25) is 0 Å². The van der Waals surface area contributed by atoms with Crippen LogP contribution in [0.5, 0.6) is 0 Å². The molecule has 1 atom stereocenters. The van der Waals surface area contributed by atoms with E-state index in [1.165, 1.54) is 0 Å². The molecular formula is C10H9Br2F3O. The highest BCUT2D eigenvalue weighted by molar-refractivity contribution is 9.11. The first-order valence-corrected chi connectivity index (χ1v) is 6.08. The van der Waals surface area contributed by atoms with Gasteiger partial charge in [0, 0.05) is 15.4 Å². The lowest BCUT2D eigenvalue weighted by Gasteiger charge is -2.14. The molecule has 1 nitrogen and oxygen atoms in total. The number of rotatable bonds is 3. The summed E-state index contributed by atoms with van der Waals surface area (Å²) in [4.78, 5) is 0. The molecule has 1 aromatic rings. The Labute approximate surface area is 108 Å². The fourth-order valence-corrected chi connectivity index (χ4v) is 2.54. The lowest BCUT2D eigenvalue weighted by molar-refractivity contribution is -0.140. The van der Waals surface area contributed by atoms with Crippen molar-refractivity contribution in [2.24, 2.45) is 0 Å². The summed E-state index contributed by atoms with van der Waals surface area (Å²) in [6.07, 6.45) is -6.66. The minimum absolute atomic E-state index is 0.330. The van der Waals surface area contributed by atoms with Gasteiger partial charge in [0.2, 0.25) is 0 Å². The SMILES string of the molecule is OC(CCC(F)(F)F)c1ccc(Br)cc1Br. The second-order valence-electron chi connectivity index (χ2n) is 3.34. The van der Waals surface area contributed by atoms with E-state index in [1.54, 1.807) is 18.2 Å². The number of hydrogen-bond donors (Lipinski definition) is 1. The van der Waals surface area contributed by atoms with E-state index < -0.39 is 18.7 Å². The van der Waals surface area contributed by atoms with E-state index in [-0.39, 0.29) is 6.42 Å². The molecule has 1 aromatic carbocycles. The third kappa shape index (κ3) is 4.43. The zero-order valence-corrected chi connectivity index (χ0v) is 11.2. The topological polar surface area (TPSA) is 20.2 Å². The number of halogens is 5. The minimum atomic E-state index is -4.23. The summed E-state index contributed by atoms with van der Waals surface area (Å²) in [5.41, 5.74) is 0.465. The average molecular weight is 362 g/mol. The van der Waals surface area contributed by atoms with Crippen molar-refractivity contribution in [3.05, 3.63) is 32.7 Å². The van der Waals surface area contributed by atoms with Gasteiger partial charge in [-0.05, 0) is 24.1 Å². The van der Waals surface area contributed by atoms with Crippen LogP contribution in [0.3, 0.4) is 0 Å². The van der Waals surface area contributed by atoms with Crippen molar-refractivity contribution < 1.29 is 18.3 Å². The summed E-state index contributed by atoms with van der Waals surface area (Å²) in [5, 5.41) is 9.61. The Morgan fingerprint density at radius 1 is 1.25 bits per heavy atom. The van der Waals surface area contributed by atoms with Gasteiger partial charge >= 0.3 is 6.18 Å². The van der Waals surface area contributed by atoms with Gasteiger partial charge < -0.3 is 5.11 Å². The summed E-state index contributed by atoms with van der Waals surface area (Å²) in [6, 6.07) is 4.96. The lowest BCUT2D eigenvalue weighted by Crippen LogP contribution is -2.10. The maximum atomic E-state index is 12.0. The van der Waals surface area contributed by atoms with Gasteiger partial charge in [0.15, 0.2) is 0 Å². The van der Waals surface area contributed by atoms with Crippen LogP contribution in [0.4, 0.5) is 13.2 Å². The predicted molar refractivity (Wildman–Crippen MR) is 62.1 cm³/mol. The molecule has 0 radical (unpaired) electrons. The minimum Gasteiger partial charge on any atom is -0.388 e. The Hall–Kier alpha value is -0.0700. The van der Waals surface area contributed by atoms with Gasteiger partial charge in [0.1, 0.15) is 0 Å². The normalized spacial score (nSPS) is 13.9. The lowest BCUT2D eigenvalue weighted by atomic mass is 10.1. The molecule has 16 heavy (non-hydrogen) atoms. The molecule has 0 aromatic heterocycles. The molecule has 90 valence electrons. The fraction of sp³-hybridized carbons (Fsp3) is 0.400. The second kappa shape index (κ2) is 5.51. The molecule has 1 N–H and O–H groups in total. The Balaban J connectivity index is 2.70. The van der Waals surface area contributed by atoms with E-state index >= 15 is 0 Å². The molecule has 0 bridgehead atoms. The van der Waals surface area contributed by atoms with Crippen LogP contribution in [-0.4, -0.2) is 11.3 Å². The predicted octanol–water partition coefficient (Wildman–Crippen LogP) is 4.59. The molecule has 1 rings (SSSR count). The van der Waals surface area contributed by atoms with Crippen LogP contribution >= 0.6 is 31.9 Å². The molecule has 0 heterocycles. The number of alkyl halides is 3. The first kappa shape index (κ1) is 14.0. The third-order valence-electron chi connectivity index (χ3n) is 2.02. The van der Waals surface area contributed by atoms with E-state index in [9.17, 15) is 18.3 Å². The van der Waals surface area contributed by atoms with Gasteiger partial charge in [-0.1, -0.05) is 37.9 Å². The van der Waals surface area contributed by atoms with E-state index in [4.69, 9.17) is 0 Å². The van der Waals surface area contributed by atoms with Crippen molar-refractivity contribution >= 4 is 31.9 Å². The third-order valence-corrected chi connectivity index (χ3v) is 3.20. The summed E-state index contributed by atoms with van der Waals surface area (Å²) in [5.74, 6) is 0. The Morgan fingerprint density at radius 2 is 1.88 bits per heavy atom. The molecule has 0 spiro atoms. The Bertz CT molecular complexity index is 366.